The molecule has 0 radical (unpaired) electrons. The second-order valence-corrected chi connectivity index (χ2v) is 7.40. The van der Waals surface area contributed by atoms with Gasteiger partial charge in [-0.3, -0.25) is 4.79 Å². The Morgan fingerprint density at radius 2 is 2.07 bits per heavy atom. The molecule has 1 aliphatic rings. The molecule has 28 heavy (non-hydrogen) atoms. The minimum atomic E-state index is -0.117. The number of benzene rings is 1. The van der Waals surface area contributed by atoms with Gasteiger partial charge in [0.2, 0.25) is 5.91 Å². The van der Waals surface area contributed by atoms with Gasteiger partial charge in [-0.2, -0.15) is 9.78 Å². The topological polar surface area (TPSA) is 81.9 Å². The molecule has 1 aliphatic heterocycles. The lowest BCUT2D eigenvalue weighted by molar-refractivity contribution is -0.116. The third kappa shape index (κ3) is 3.45. The molecule has 0 saturated carbocycles. The summed E-state index contributed by atoms with van der Waals surface area (Å²) in [5, 5.41) is 15.8. The van der Waals surface area contributed by atoms with E-state index in [0.717, 1.165) is 22.6 Å². The number of fused-ring (bicyclic) bond motifs is 1. The number of aromatic nitrogens is 4. The van der Waals surface area contributed by atoms with Crippen LogP contribution in [0.4, 0.5) is 5.82 Å². The number of carbonyl (C=O) groups is 1. The Morgan fingerprint density at radius 1 is 1.25 bits per heavy atom. The van der Waals surface area contributed by atoms with E-state index in [2.05, 4.69) is 20.6 Å². The van der Waals surface area contributed by atoms with Gasteiger partial charge >= 0.3 is 0 Å². The van der Waals surface area contributed by atoms with Crippen LogP contribution in [-0.2, 0) is 4.79 Å². The van der Waals surface area contributed by atoms with Gasteiger partial charge in [0.15, 0.2) is 11.0 Å². The van der Waals surface area contributed by atoms with Crippen molar-refractivity contribution in [3.63, 3.8) is 0 Å². The average Bonchev–Trinajstić information content (AvgIpc) is 2.98. The third-order valence-corrected chi connectivity index (χ3v) is 4.77. The molecule has 8 heteroatoms. The minimum absolute atomic E-state index is 0.0734. The number of nitrogens with one attached hydrogen (secondary N) is 1. The number of hydrogen-bond acceptors (Lipinski definition) is 5. The summed E-state index contributed by atoms with van der Waals surface area (Å²) < 4.78 is 7.43. The second-order valence-electron chi connectivity index (χ2n) is 7.02. The van der Waals surface area contributed by atoms with Gasteiger partial charge < -0.3 is 10.1 Å². The highest BCUT2D eigenvalue weighted by atomic mass is 35.5. The highest BCUT2D eigenvalue weighted by molar-refractivity contribution is 6.29. The lowest BCUT2D eigenvalue weighted by atomic mass is 9.86. The standard InChI is InChI=1S/C20H20ClN5O2/c1-11(2)28-14-6-4-5-13(9-14)15-10-18(27)22-20-19(15)12(3)25-26(20)17-8-7-16(21)23-24-17/h4-9,11,15H,10H2,1-3H3,(H,22,27)/t15-/m0/s1. The Hall–Kier alpha value is -2.93. The SMILES string of the molecule is Cc1nn(-c2ccc(Cl)nn2)c2c1[C@H](c1cccc(OC(C)C)c1)CC(=O)N2. The number of aryl methyl sites for hydroxylation is 1. The average molecular weight is 398 g/mol. The van der Waals surface area contributed by atoms with Crippen LogP contribution in [0.5, 0.6) is 5.75 Å². The van der Waals surface area contributed by atoms with Crippen LogP contribution < -0.4 is 10.1 Å². The van der Waals surface area contributed by atoms with Gasteiger partial charge in [0.05, 0.1) is 11.8 Å². The highest BCUT2D eigenvalue weighted by Gasteiger charge is 2.33. The van der Waals surface area contributed by atoms with Crippen molar-refractivity contribution in [2.45, 2.75) is 39.2 Å². The predicted octanol–water partition coefficient (Wildman–Crippen LogP) is 3.89. The maximum atomic E-state index is 12.5. The molecule has 3 heterocycles. The largest absolute Gasteiger partial charge is 0.491 e. The Labute approximate surface area is 167 Å². The molecule has 1 aromatic carbocycles. The predicted molar refractivity (Wildman–Crippen MR) is 106 cm³/mol. The molecule has 144 valence electrons. The molecule has 0 aliphatic carbocycles. The van der Waals surface area contributed by atoms with Gasteiger partial charge in [-0.25, -0.2) is 0 Å². The molecular formula is C20H20ClN5O2. The van der Waals surface area contributed by atoms with E-state index >= 15 is 0 Å². The van der Waals surface area contributed by atoms with Crippen LogP contribution in [0.2, 0.25) is 5.15 Å². The number of hydrogen-bond donors (Lipinski definition) is 1. The Bertz CT molecular complexity index is 1030. The van der Waals surface area contributed by atoms with Crippen molar-refractivity contribution in [3.8, 4) is 11.6 Å². The molecule has 1 amide bonds. The smallest absolute Gasteiger partial charge is 0.226 e. The van der Waals surface area contributed by atoms with Crippen LogP contribution in [0.25, 0.3) is 5.82 Å². The van der Waals surface area contributed by atoms with Gasteiger partial charge in [-0.1, -0.05) is 23.7 Å². The van der Waals surface area contributed by atoms with Crippen molar-refractivity contribution < 1.29 is 9.53 Å². The van der Waals surface area contributed by atoms with Crippen molar-refractivity contribution >= 4 is 23.3 Å². The summed E-state index contributed by atoms with van der Waals surface area (Å²) in [6.45, 7) is 5.90. The molecule has 1 atom stereocenters. The number of rotatable bonds is 4. The lowest BCUT2D eigenvalue weighted by Crippen LogP contribution is -2.25. The van der Waals surface area contributed by atoms with Crippen molar-refractivity contribution in [2.75, 3.05) is 5.32 Å². The maximum Gasteiger partial charge on any atom is 0.226 e. The van der Waals surface area contributed by atoms with Crippen LogP contribution in [0.1, 0.15) is 43.0 Å². The monoisotopic (exact) mass is 397 g/mol. The fraction of sp³-hybridized carbons (Fsp3) is 0.300. The molecule has 7 nitrogen and oxygen atoms in total. The fourth-order valence-electron chi connectivity index (χ4n) is 3.50. The maximum absolute atomic E-state index is 12.5. The van der Waals surface area contributed by atoms with Gasteiger partial charge in [0.1, 0.15) is 11.6 Å². The normalized spacial score (nSPS) is 16.0. The van der Waals surface area contributed by atoms with Gasteiger partial charge in [-0.15, -0.1) is 10.2 Å². The van der Waals surface area contributed by atoms with E-state index in [1.54, 1.807) is 16.8 Å². The summed E-state index contributed by atoms with van der Waals surface area (Å²) in [5.74, 6) is 1.70. The molecule has 0 fully saturated rings. The van der Waals surface area contributed by atoms with E-state index in [1.807, 2.05) is 45.0 Å². The van der Waals surface area contributed by atoms with Crippen LogP contribution in [-0.4, -0.2) is 32.0 Å². The summed E-state index contributed by atoms with van der Waals surface area (Å²) in [4.78, 5) is 12.5. The quantitative estimate of drug-likeness (QED) is 0.722. The molecule has 3 aromatic rings. The molecular weight excluding hydrogens is 378 g/mol. The first-order chi connectivity index (χ1) is 13.4. The zero-order valence-corrected chi connectivity index (χ0v) is 16.6. The van der Waals surface area contributed by atoms with E-state index in [1.165, 1.54) is 0 Å². The van der Waals surface area contributed by atoms with Gasteiger partial charge in [0.25, 0.3) is 0 Å². The van der Waals surface area contributed by atoms with Crippen LogP contribution in [0.3, 0.4) is 0 Å². The Balaban J connectivity index is 1.80. The van der Waals surface area contributed by atoms with Crippen molar-refractivity contribution in [1.82, 2.24) is 20.0 Å². The van der Waals surface area contributed by atoms with Crippen LogP contribution in [0.15, 0.2) is 36.4 Å². The van der Waals surface area contributed by atoms with Crippen LogP contribution in [0, 0.1) is 6.92 Å². The molecule has 2 aromatic heterocycles. The van der Waals surface area contributed by atoms with E-state index in [-0.39, 0.29) is 17.9 Å². The zero-order chi connectivity index (χ0) is 19.8. The fourth-order valence-corrected chi connectivity index (χ4v) is 3.60. The number of anilines is 1. The number of amides is 1. The second kappa shape index (κ2) is 7.24. The first kappa shape index (κ1) is 18.4. The number of halogens is 1. The summed E-state index contributed by atoms with van der Waals surface area (Å²) in [6.07, 6.45) is 0.421. The summed E-state index contributed by atoms with van der Waals surface area (Å²) in [7, 11) is 0. The third-order valence-electron chi connectivity index (χ3n) is 4.57. The minimum Gasteiger partial charge on any atom is -0.491 e. The molecule has 1 N–H and O–H groups in total. The summed E-state index contributed by atoms with van der Waals surface area (Å²) in [5.41, 5.74) is 2.81. The molecule has 0 bridgehead atoms. The number of carbonyl (C=O) groups excluding carboxylic acids is 1. The lowest BCUT2D eigenvalue weighted by Gasteiger charge is -2.24. The van der Waals surface area contributed by atoms with Gasteiger partial charge in [0, 0.05) is 17.9 Å². The summed E-state index contributed by atoms with van der Waals surface area (Å²) >= 11 is 5.84. The molecule has 0 spiro atoms. The number of nitrogens with zero attached hydrogens (tertiary/aromatic N) is 4. The van der Waals surface area contributed by atoms with Crippen molar-refractivity contribution in [1.29, 1.82) is 0 Å². The van der Waals surface area contributed by atoms with Crippen molar-refractivity contribution in [2.24, 2.45) is 0 Å². The number of ether oxygens (including phenoxy) is 1. The highest BCUT2D eigenvalue weighted by Crippen LogP contribution is 2.40. The van der Waals surface area contributed by atoms with E-state index in [0.29, 0.717) is 23.2 Å². The first-order valence-electron chi connectivity index (χ1n) is 9.08. The van der Waals surface area contributed by atoms with Crippen LogP contribution >= 0.6 is 11.6 Å². The molecule has 4 rings (SSSR count). The van der Waals surface area contributed by atoms with E-state index < -0.39 is 0 Å². The Kier molecular flexibility index (Phi) is 4.77. The molecule has 0 saturated heterocycles. The zero-order valence-electron chi connectivity index (χ0n) is 15.8. The first-order valence-corrected chi connectivity index (χ1v) is 9.45. The van der Waals surface area contributed by atoms with E-state index in [4.69, 9.17) is 16.3 Å². The van der Waals surface area contributed by atoms with E-state index in [9.17, 15) is 4.79 Å². The van der Waals surface area contributed by atoms with Crippen molar-refractivity contribution in [3.05, 3.63) is 58.4 Å². The van der Waals surface area contributed by atoms with Gasteiger partial charge in [-0.05, 0) is 50.6 Å². The Morgan fingerprint density at radius 3 is 2.79 bits per heavy atom. The molecule has 0 unspecified atom stereocenters. The summed E-state index contributed by atoms with van der Waals surface area (Å²) in [6, 6.07) is 11.2.